The highest BCUT2D eigenvalue weighted by molar-refractivity contribution is 5.91. The number of hydrogen-bond acceptors (Lipinski definition) is 4. The lowest BCUT2D eigenvalue weighted by atomic mass is 9.81. The zero-order valence-corrected chi connectivity index (χ0v) is 12.3. The van der Waals surface area contributed by atoms with Crippen molar-refractivity contribution in [2.75, 3.05) is 6.54 Å². The molecule has 1 aromatic heterocycles. The number of hydrogen-bond donors (Lipinski definition) is 2. The van der Waals surface area contributed by atoms with E-state index in [4.69, 9.17) is 5.11 Å². The van der Waals surface area contributed by atoms with Crippen LogP contribution in [0.3, 0.4) is 0 Å². The molecule has 2 N–H and O–H groups in total. The first-order chi connectivity index (χ1) is 10.0. The van der Waals surface area contributed by atoms with Crippen molar-refractivity contribution < 1.29 is 14.7 Å². The second-order valence-electron chi connectivity index (χ2n) is 5.87. The van der Waals surface area contributed by atoms with Crippen molar-refractivity contribution in [2.45, 2.75) is 45.6 Å². The highest BCUT2D eigenvalue weighted by Crippen LogP contribution is 2.29. The van der Waals surface area contributed by atoms with E-state index in [1.54, 1.807) is 0 Å². The molecule has 0 unspecified atom stereocenters. The molecule has 0 radical (unpaired) electrons. The predicted octanol–water partition coefficient (Wildman–Crippen LogP) is 1.31. The van der Waals surface area contributed by atoms with Crippen molar-refractivity contribution in [1.29, 1.82) is 0 Å². The summed E-state index contributed by atoms with van der Waals surface area (Å²) in [6.45, 7) is 2.63. The van der Waals surface area contributed by atoms with Crippen molar-refractivity contribution in [2.24, 2.45) is 11.8 Å². The van der Waals surface area contributed by atoms with Gasteiger partial charge >= 0.3 is 5.97 Å². The fraction of sp³-hybridized carbons (Fsp3) is 0.714. The molecular weight excluding hydrogens is 272 g/mol. The van der Waals surface area contributed by atoms with Gasteiger partial charge in [0.15, 0.2) is 5.69 Å². The molecule has 1 fully saturated rings. The molecule has 0 aromatic carbocycles. The zero-order valence-electron chi connectivity index (χ0n) is 12.3. The predicted molar refractivity (Wildman–Crippen MR) is 75.7 cm³/mol. The Morgan fingerprint density at radius 1 is 1.38 bits per heavy atom. The van der Waals surface area contributed by atoms with Crippen LogP contribution in [0.5, 0.6) is 0 Å². The van der Waals surface area contributed by atoms with Crippen LogP contribution in [0.2, 0.25) is 0 Å². The van der Waals surface area contributed by atoms with Crippen molar-refractivity contribution >= 4 is 11.9 Å². The fourth-order valence-electron chi connectivity index (χ4n) is 2.72. The fourth-order valence-corrected chi connectivity index (χ4v) is 2.72. The molecule has 0 bridgehead atoms. The summed E-state index contributed by atoms with van der Waals surface area (Å²) >= 11 is 0. The molecule has 0 spiro atoms. The van der Waals surface area contributed by atoms with Crippen LogP contribution in [-0.2, 0) is 11.3 Å². The van der Waals surface area contributed by atoms with Gasteiger partial charge in [0.2, 0.25) is 0 Å². The third kappa shape index (κ3) is 4.84. The molecule has 21 heavy (non-hydrogen) atoms. The summed E-state index contributed by atoms with van der Waals surface area (Å²) in [6.07, 6.45) is 7.38. The molecule has 0 atom stereocenters. The number of aromatic nitrogens is 3. The van der Waals surface area contributed by atoms with Gasteiger partial charge in [-0.15, -0.1) is 5.10 Å². The quantitative estimate of drug-likeness (QED) is 0.824. The maximum absolute atomic E-state index is 11.9. The van der Waals surface area contributed by atoms with Crippen LogP contribution in [0.4, 0.5) is 0 Å². The van der Waals surface area contributed by atoms with Crippen molar-refractivity contribution in [1.82, 2.24) is 20.3 Å². The van der Waals surface area contributed by atoms with E-state index in [0.717, 1.165) is 17.0 Å². The minimum Gasteiger partial charge on any atom is -0.480 e. The molecule has 0 aliphatic heterocycles. The number of amides is 1. The Balaban J connectivity index is 1.71. The Morgan fingerprint density at radius 3 is 2.76 bits per heavy atom. The number of nitrogens with zero attached hydrogens (tertiary/aromatic N) is 3. The van der Waals surface area contributed by atoms with Gasteiger partial charge in [0.05, 0.1) is 6.20 Å². The average molecular weight is 294 g/mol. The minimum atomic E-state index is -1.02. The van der Waals surface area contributed by atoms with E-state index in [1.807, 2.05) is 0 Å². The highest BCUT2D eigenvalue weighted by Gasteiger charge is 2.18. The standard InChI is InChI=1S/C14H22N4O3/c1-10-2-4-11(5-3-10)6-7-15-14(21)12-8-18(17-16-12)9-13(19)20/h8,10-11H,2-7,9H2,1H3,(H,15,21)(H,19,20). The third-order valence-corrected chi connectivity index (χ3v) is 4.04. The van der Waals surface area contributed by atoms with Gasteiger partial charge in [0.1, 0.15) is 6.54 Å². The Bertz CT molecular complexity index is 492. The third-order valence-electron chi connectivity index (χ3n) is 4.04. The lowest BCUT2D eigenvalue weighted by Gasteiger charge is -2.25. The number of aliphatic carboxylic acids is 1. The molecule has 1 saturated carbocycles. The monoisotopic (exact) mass is 294 g/mol. The van der Waals surface area contributed by atoms with Crippen molar-refractivity contribution in [3.8, 4) is 0 Å². The second-order valence-corrected chi connectivity index (χ2v) is 5.87. The summed E-state index contributed by atoms with van der Waals surface area (Å²) in [4.78, 5) is 22.4. The highest BCUT2D eigenvalue weighted by atomic mass is 16.4. The topological polar surface area (TPSA) is 97.1 Å². The molecule has 1 heterocycles. The molecule has 7 heteroatoms. The number of carbonyl (C=O) groups excluding carboxylic acids is 1. The normalized spacial score (nSPS) is 22.0. The Morgan fingerprint density at radius 2 is 2.10 bits per heavy atom. The minimum absolute atomic E-state index is 0.161. The Labute approximate surface area is 123 Å². The maximum atomic E-state index is 11.9. The molecule has 0 saturated heterocycles. The molecule has 7 nitrogen and oxygen atoms in total. The summed E-state index contributed by atoms with van der Waals surface area (Å²) in [5.41, 5.74) is 0.161. The Kier molecular flexibility index (Phi) is 5.30. The molecule has 1 aliphatic rings. The molecule has 1 aliphatic carbocycles. The summed E-state index contributed by atoms with van der Waals surface area (Å²) < 4.78 is 1.14. The van der Waals surface area contributed by atoms with Crippen molar-refractivity contribution in [3.63, 3.8) is 0 Å². The van der Waals surface area contributed by atoms with E-state index in [9.17, 15) is 9.59 Å². The summed E-state index contributed by atoms with van der Waals surface area (Å²) in [6, 6.07) is 0. The lowest BCUT2D eigenvalue weighted by Crippen LogP contribution is -2.27. The molecule has 1 aromatic rings. The van der Waals surface area contributed by atoms with E-state index in [2.05, 4.69) is 22.6 Å². The van der Waals surface area contributed by atoms with Gasteiger partial charge in [0.25, 0.3) is 5.91 Å². The van der Waals surface area contributed by atoms with Crippen LogP contribution < -0.4 is 5.32 Å². The first-order valence-corrected chi connectivity index (χ1v) is 7.44. The van der Waals surface area contributed by atoms with Crippen LogP contribution in [0.1, 0.15) is 49.5 Å². The number of carbonyl (C=O) groups is 2. The maximum Gasteiger partial charge on any atom is 0.325 e. The van der Waals surface area contributed by atoms with Gasteiger partial charge in [0, 0.05) is 6.54 Å². The van der Waals surface area contributed by atoms with Gasteiger partial charge in [-0.05, 0) is 18.3 Å². The van der Waals surface area contributed by atoms with E-state index >= 15 is 0 Å². The number of carboxylic acids is 1. The van der Waals surface area contributed by atoms with Crippen LogP contribution in [0, 0.1) is 11.8 Å². The SMILES string of the molecule is CC1CCC(CCNC(=O)c2cn(CC(=O)O)nn2)CC1. The van der Waals surface area contributed by atoms with Crippen LogP contribution in [0.15, 0.2) is 6.20 Å². The van der Waals surface area contributed by atoms with E-state index in [1.165, 1.54) is 31.9 Å². The van der Waals surface area contributed by atoms with Crippen LogP contribution in [0.25, 0.3) is 0 Å². The first-order valence-electron chi connectivity index (χ1n) is 7.44. The lowest BCUT2D eigenvalue weighted by molar-refractivity contribution is -0.137. The first kappa shape index (κ1) is 15.5. The van der Waals surface area contributed by atoms with E-state index in [0.29, 0.717) is 12.5 Å². The van der Waals surface area contributed by atoms with E-state index < -0.39 is 5.97 Å². The van der Waals surface area contributed by atoms with Gasteiger partial charge in [-0.1, -0.05) is 37.8 Å². The van der Waals surface area contributed by atoms with Gasteiger partial charge < -0.3 is 10.4 Å². The second kappa shape index (κ2) is 7.19. The molecule has 116 valence electrons. The Hall–Kier alpha value is -1.92. The van der Waals surface area contributed by atoms with Crippen molar-refractivity contribution in [3.05, 3.63) is 11.9 Å². The van der Waals surface area contributed by atoms with Crippen LogP contribution >= 0.6 is 0 Å². The largest absolute Gasteiger partial charge is 0.480 e. The van der Waals surface area contributed by atoms with Gasteiger partial charge in [-0.3, -0.25) is 9.59 Å². The number of rotatable bonds is 6. The number of nitrogens with one attached hydrogen (secondary N) is 1. The van der Waals surface area contributed by atoms with Gasteiger partial charge in [-0.25, -0.2) is 4.68 Å². The molecular formula is C14H22N4O3. The summed E-state index contributed by atoms with van der Waals surface area (Å²) in [5.74, 6) is 0.221. The number of carboxylic acid groups (broad SMARTS) is 1. The molecule has 2 rings (SSSR count). The van der Waals surface area contributed by atoms with Gasteiger partial charge in [-0.2, -0.15) is 0 Å². The van der Waals surface area contributed by atoms with E-state index in [-0.39, 0.29) is 18.1 Å². The smallest absolute Gasteiger partial charge is 0.325 e. The summed E-state index contributed by atoms with van der Waals surface area (Å²) in [7, 11) is 0. The summed E-state index contributed by atoms with van der Waals surface area (Å²) in [5, 5.41) is 18.7. The molecule has 1 amide bonds. The van der Waals surface area contributed by atoms with Crippen LogP contribution in [-0.4, -0.2) is 38.5 Å². The zero-order chi connectivity index (χ0) is 15.2. The average Bonchev–Trinajstić information content (AvgIpc) is 2.88.